The summed E-state index contributed by atoms with van der Waals surface area (Å²) in [5.74, 6) is -0.879. The summed E-state index contributed by atoms with van der Waals surface area (Å²) >= 11 is 0. The summed E-state index contributed by atoms with van der Waals surface area (Å²) in [4.78, 5) is 10.2. The second-order valence-electron chi connectivity index (χ2n) is 1.67. The summed E-state index contributed by atoms with van der Waals surface area (Å²) in [5, 5.41) is 8.38. The van der Waals surface area contributed by atoms with Gasteiger partial charge in [0.05, 0.1) is 5.56 Å². The van der Waals surface area contributed by atoms with Crippen LogP contribution < -0.4 is 0 Å². The molecule has 0 spiro atoms. The van der Waals surface area contributed by atoms with Crippen LogP contribution in [0, 0.1) is 0 Å². The fraction of sp³-hybridized carbons (Fsp3) is 0. The second-order valence-corrected chi connectivity index (χ2v) is 1.67. The molecule has 0 heterocycles. The minimum atomic E-state index is -0.879. The van der Waals surface area contributed by atoms with E-state index in [0.717, 1.165) is 0 Å². The molecular formula is C7H9GaO2. The van der Waals surface area contributed by atoms with E-state index in [-0.39, 0.29) is 19.8 Å². The van der Waals surface area contributed by atoms with E-state index in [2.05, 4.69) is 0 Å². The van der Waals surface area contributed by atoms with E-state index < -0.39 is 5.97 Å². The summed E-state index contributed by atoms with van der Waals surface area (Å²) in [7, 11) is 0. The predicted octanol–water partition coefficient (Wildman–Crippen LogP) is 0.201. The zero-order valence-corrected chi connectivity index (χ0v) is 4.74. The van der Waals surface area contributed by atoms with Gasteiger partial charge in [-0.15, -0.1) is 0 Å². The Morgan fingerprint density at radius 3 is 2.00 bits per heavy atom. The van der Waals surface area contributed by atoms with Gasteiger partial charge >= 0.3 is 25.8 Å². The molecule has 0 radical (unpaired) electrons. The number of carboxylic acids is 1. The van der Waals surface area contributed by atoms with Gasteiger partial charge in [0.2, 0.25) is 0 Å². The summed E-state index contributed by atoms with van der Waals surface area (Å²) in [6, 6.07) is 8.30. The minimum absolute atomic E-state index is 0. The third kappa shape index (κ3) is 2.29. The quantitative estimate of drug-likeness (QED) is 0.649. The molecular weight excluding hydrogens is 186 g/mol. The molecule has 0 aromatic heterocycles. The van der Waals surface area contributed by atoms with E-state index in [9.17, 15) is 4.79 Å². The zero-order valence-electron chi connectivity index (χ0n) is 4.74. The van der Waals surface area contributed by atoms with Crippen molar-refractivity contribution in [2.75, 3.05) is 0 Å². The molecule has 52 valence electrons. The molecule has 0 aliphatic rings. The number of hydrogen-bond donors (Lipinski definition) is 1. The first-order chi connectivity index (χ1) is 4.30. The van der Waals surface area contributed by atoms with Crippen molar-refractivity contribution in [2.24, 2.45) is 0 Å². The van der Waals surface area contributed by atoms with E-state index in [1.54, 1.807) is 30.3 Å². The van der Waals surface area contributed by atoms with Crippen molar-refractivity contribution in [2.45, 2.75) is 0 Å². The Morgan fingerprint density at radius 2 is 1.70 bits per heavy atom. The molecule has 1 N–H and O–H groups in total. The molecule has 3 heteroatoms. The Bertz CT molecular complexity index is 208. The molecule has 0 atom stereocenters. The predicted molar refractivity (Wildman–Crippen MR) is 43.3 cm³/mol. The Morgan fingerprint density at radius 1 is 1.20 bits per heavy atom. The number of benzene rings is 1. The van der Waals surface area contributed by atoms with Crippen LogP contribution in [0.3, 0.4) is 0 Å². The van der Waals surface area contributed by atoms with Crippen molar-refractivity contribution in [3.63, 3.8) is 0 Å². The van der Waals surface area contributed by atoms with Crippen LogP contribution in [0.1, 0.15) is 10.4 Å². The molecule has 0 aliphatic heterocycles. The number of hydrogen-bond acceptors (Lipinski definition) is 1. The fourth-order valence-electron chi connectivity index (χ4n) is 0.581. The van der Waals surface area contributed by atoms with Crippen molar-refractivity contribution in [3.8, 4) is 0 Å². The van der Waals surface area contributed by atoms with E-state index in [1.165, 1.54) is 0 Å². The molecule has 0 fully saturated rings. The molecule has 1 aromatic rings. The second kappa shape index (κ2) is 4.19. The van der Waals surface area contributed by atoms with Crippen LogP contribution in [0.5, 0.6) is 0 Å². The monoisotopic (exact) mass is 194 g/mol. The van der Waals surface area contributed by atoms with E-state index in [1.807, 2.05) is 0 Å². The molecule has 1 rings (SSSR count). The number of rotatable bonds is 1. The summed E-state index contributed by atoms with van der Waals surface area (Å²) in [6.07, 6.45) is 0. The molecule has 0 saturated heterocycles. The van der Waals surface area contributed by atoms with Crippen LogP contribution in [0.25, 0.3) is 0 Å². The molecule has 0 bridgehead atoms. The number of aromatic carboxylic acids is 1. The Kier molecular flexibility index (Phi) is 3.91. The maximum atomic E-state index is 10.2. The van der Waals surface area contributed by atoms with Crippen LogP contribution in [0.15, 0.2) is 30.3 Å². The standard InChI is InChI=1S/C7H6O2.Ga.3H/c8-7(9)6-4-2-1-3-5-6;;;;/h1-5H,(H,8,9);;;;. The van der Waals surface area contributed by atoms with Gasteiger partial charge in [0.25, 0.3) is 0 Å². The Hall–Kier alpha value is -0.674. The first kappa shape index (κ1) is 9.33. The maximum absolute atomic E-state index is 10.2. The van der Waals surface area contributed by atoms with Gasteiger partial charge in [0.1, 0.15) is 0 Å². The van der Waals surface area contributed by atoms with E-state index in [0.29, 0.717) is 5.56 Å². The third-order valence-electron chi connectivity index (χ3n) is 1.02. The summed E-state index contributed by atoms with van der Waals surface area (Å²) < 4.78 is 0. The molecule has 0 unspecified atom stereocenters. The van der Waals surface area contributed by atoms with E-state index >= 15 is 0 Å². The van der Waals surface area contributed by atoms with Crippen molar-refractivity contribution >= 4 is 25.8 Å². The van der Waals surface area contributed by atoms with Gasteiger partial charge in [0, 0.05) is 0 Å². The van der Waals surface area contributed by atoms with Gasteiger partial charge in [-0.3, -0.25) is 0 Å². The molecule has 1 aromatic carbocycles. The van der Waals surface area contributed by atoms with Crippen LogP contribution in [0.2, 0.25) is 0 Å². The Balaban J connectivity index is 0.000000810. The topological polar surface area (TPSA) is 37.3 Å². The molecule has 2 nitrogen and oxygen atoms in total. The van der Waals surface area contributed by atoms with Gasteiger partial charge in [0.15, 0.2) is 0 Å². The first-order valence-electron chi connectivity index (χ1n) is 2.59. The summed E-state index contributed by atoms with van der Waals surface area (Å²) in [6.45, 7) is 0. The van der Waals surface area contributed by atoms with Gasteiger partial charge < -0.3 is 5.11 Å². The first-order valence-corrected chi connectivity index (χ1v) is 2.59. The van der Waals surface area contributed by atoms with Crippen molar-refractivity contribution in [1.82, 2.24) is 0 Å². The third-order valence-corrected chi connectivity index (χ3v) is 1.02. The van der Waals surface area contributed by atoms with Crippen LogP contribution >= 0.6 is 0 Å². The van der Waals surface area contributed by atoms with Crippen LogP contribution in [-0.2, 0) is 0 Å². The van der Waals surface area contributed by atoms with E-state index in [4.69, 9.17) is 5.11 Å². The zero-order chi connectivity index (χ0) is 6.69. The van der Waals surface area contributed by atoms with Crippen LogP contribution in [-0.4, -0.2) is 30.9 Å². The van der Waals surface area contributed by atoms with Gasteiger partial charge in [-0.25, -0.2) is 4.79 Å². The van der Waals surface area contributed by atoms with Gasteiger partial charge in [-0.1, -0.05) is 18.2 Å². The normalized spacial score (nSPS) is 8.00. The SMILES string of the molecule is O=C(O)c1ccccc1.[GaH3]. The molecule has 0 aliphatic carbocycles. The average molecular weight is 195 g/mol. The molecule has 0 saturated carbocycles. The van der Waals surface area contributed by atoms with Gasteiger partial charge in [-0.2, -0.15) is 0 Å². The number of carboxylic acid groups (broad SMARTS) is 1. The fourth-order valence-corrected chi connectivity index (χ4v) is 0.581. The molecule has 10 heavy (non-hydrogen) atoms. The van der Waals surface area contributed by atoms with Crippen molar-refractivity contribution < 1.29 is 9.90 Å². The van der Waals surface area contributed by atoms with Gasteiger partial charge in [-0.05, 0) is 12.1 Å². The Labute approximate surface area is 71.9 Å². The van der Waals surface area contributed by atoms with Crippen molar-refractivity contribution in [3.05, 3.63) is 35.9 Å². The average Bonchev–Trinajstić information content (AvgIpc) is 1.90. The number of carbonyl (C=O) groups is 1. The molecule has 0 amide bonds. The van der Waals surface area contributed by atoms with Crippen LogP contribution in [0.4, 0.5) is 0 Å². The van der Waals surface area contributed by atoms with Crippen molar-refractivity contribution in [1.29, 1.82) is 0 Å². The summed E-state index contributed by atoms with van der Waals surface area (Å²) in [5.41, 5.74) is 0.331.